The van der Waals surface area contributed by atoms with Crippen LogP contribution in [0.25, 0.3) is 0 Å². The Bertz CT molecular complexity index is 408. The van der Waals surface area contributed by atoms with Gasteiger partial charge >= 0.3 is 0 Å². The number of carbonyl (C=O) groups excluding carboxylic acids is 1. The Morgan fingerprint density at radius 3 is 2.67 bits per heavy atom. The van der Waals surface area contributed by atoms with Crippen molar-refractivity contribution in [2.24, 2.45) is 5.73 Å². The highest BCUT2D eigenvalue weighted by molar-refractivity contribution is 7.80. The smallest absolute Gasteiger partial charge is 0.269 e. The molecule has 0 aromatic heterocycles. The van der Waals surface area contributed by atoms with E-state index in [-0.39, 0.29) is 10.7 Å². The molecule has 1 amide bonds. The second kappa shape index (κ2) is 4.70. The predicted octanol–water partition coefficient (Wildman–Crippen LogP) is 0.612. The van der Waals surface area contributed by atoms with Crippen LogP contribution >= 0.6 is 12.2 Å². The number of rotatable bonds is 1. The number of nitrogens with two attached hydrogens (primary N) is 1. The number of benzene rings is 1. The van der Waals surface area contributed by atoms with E-state index >= 15 is 0 Å². The van der Waals surface area contributed by atoms with Crippen molar-refractivity contribution >= 4 is 23.2 Å². The normalized spacial score (nSPS) is 9.47. The molecule has 6 heteroatoms. The summed E-state index contributed by atoms with van der Waals surface area (Å²) in [5.74, 6) is -0.931. The molecule has 0 spiro atoms. The summed E-state index contributed by atoms with van der Waals surface area (Å²) in [7, 11) is 0. The molecule has 4 N–H and O–H groups in total. The molecule has 0 aliphatic rings. The molecule has 0 aliphatic heterocycles. The molecule has 0 unspecified atom stereocenters. The summed E-state index contributed by atoms with van der Waals surface area (Å²) < 4.78 is 13.1. The number of hydrazine groups is 1. The van der Waals surface area contributed by atoms with E-state index in [4.69, 9.17) is 5.73 Å². The lowest BCUT2D eigenvalue weighted by Crippen LogP contribution is -2.44. The van der Waals surface area contributed by atoms with E-state index in [9.17, 15) is 9.18 Å². The zero-order chi connectivity index (χ0) is 11.4. The van der Waals surface area contributed by atoms with Crippen molar-refractivity contribution in [2.45, 2.75) is 6.92 Å². The van der Waals surface area contributed by atoms with Gasteiger partial charge in [-0.3, -0.25) is 15.6 Å². The van der Waals surface area contributed by atoms with Crippen LogP contribution in [0.1, 0.15) is 15.9 Å². The third-order valence-corrected chi connectivity index (χ3v) is 1.84. The number of carbonyl (C=O) groups is 1. The van der Waals surface area contributed by atoms with E-state index in [1.54, 1.807) is 6.92 Å². The highest BCUT2D eigenvalue weighted by Crippen LogP contribution is 2.08. The molecular weight excluding hydrogens is 217 g/mol. The molecule has 0 atom stereocenters. The Labute approximate surface area is 91.6 Å². The van der Waals surface area contributed by atoms with Gasteiger partial charge in [0.15, 0.2) is 5.11 Å². The minimum atomic E-state index is -0.498. The molecule has 1 rings (SSSR count). The molecular formula is C9H10FN3OS. The van der Waals surface area contributed by atoms with Crippen molar-refractivity contribution in [1.29, 1.82) is 0 Å². The van der Waals surface area contributed by atoms with Crippen molar-refractivity contribution < 1.29 is 9.18 Å². The Morgan fingerprint density at radius 2 is 2.13 bits per heavy atom. The fraction of sp³-hybridized carbons (Fsp3) is 0.111. The number of aryl methyl sites for hydroxylation is 1. The van der Waals surface area contributed by atoms with E-state index in [0.29, 0.717) is 5.56 Å². The van der Waals surface area contributed by atoms with Crippen molar-refractivity contribution in [3.63, 3.8) is 0 Å². The monoisotopic (exact) mass is 227 g/mol. The van der Waals surface area contributed by atoms with Gasteiger partial charge in [-0.05, 0) is 36.8 Å². The number of halogens is 1. The first-order valence-corrected chi connectivity index (χ1v) is 4.53. The number of nitrogens with one attached hydrogen (secondary N) is 2. The lowest BCUT2D eigenvalue weighted by atomic mass is 10.1. The second-order valence-electron chi connectivity index (χ2n) is 2.91. The van der Waals surface area contributed by atoms with Gasteiger partial charge in [0.1, 0.15) is 5.82 Å². The fourth-order valence-electron chi connectivity index (χ4n) is 0.925. The van der Waals surface area contributed by atoms with Gasteiger partial charge < -0.3 is 5.73 Å². The Balaban J connectivity index is 2.74. The fourth-order valence-corrected chi connectivity index (χ4v) is 0.976. The third-order valence-electron chi connectivity index (χ3n) is 1.73. The summed E-state index contributed by atoms with van der Waals surface area (Å²) in [6.07, 6.45) is 0. The molecule has 15 heavy (non-hydrogen) atoms. The molecule has 0 saturated heterocycles. The summed E-state index contributed by atoms with van der Waals surface area (Å²) in [6, 6.07) is 4.17. The molecule has 0 fully saturated rings. The van der Waals surface area contributed by atoms with E-state index < -0.39 is 11.7 Å². The molecule has 1 aromatic rings. The third kappa shape index (κ3) is 3.17. The van der Waals surface area contributed by atoms with Gasteiger partial charge in [-0.1, -0.05) is 6.07 Å². The van der Waals surface area contributed by atoms with Gasteiger partial charge in [-0.25, -0.2) is 4.39 Å². The second-order valence-corrected chi connectivity index (χ2v) is 3.35. The minimum Gasteiger partial charge on any atom is -0.375 e. The number of hydrogen-bond donors (Lipinski definition) is 3. The summed E-state index contributed by atoms with van der Waals surface area (Å²) in [6.45, 7) is 1.62. The van der Waals surface area contributed by atoms with Crippen LogP contribution in [0.15, 0.2) is 18.2 Å². The summed E-state index contributed by atoms with van der Waals surface area (Å²) in [5, 5.41) is -0.0593. The van der Waals surface area contributed by atoms with Gasteiger partial charge in [-0.15, -0.1) is 0 Å². The van der Waals surface area contributed by atoms with Crippen LogP contribution in [0.5, 0.6) is 0 Å². The first kappa shape index (κ1) is 11.4. The SMILES string of the molecule is Cc1ccc(C(=O)NNC(N)=S)cc1F. The lowest BCUT2D eigenvalue weighted by Gasteiger charge is -2.06. The average molecular weight is 227 g/mol. The van der Waals surface area contributed by atoms with Crippen molar-refractivity contribution in [3.8, 4) is 0 Å². The molecule has 0 heterocycles. The molecule has 1 aromatic carbocycles. The minimum absolute atomic E-state index is 0.0593. The Hall–Kier alpha value is -1.69. The van der Waals surface area contributed by atoms with Gasteiger partial charge in [0.05, 0.1) is 0 Å². The van der Waals surface area contributed by atoms with Crippen LogP contribution in [0.2, 0.25) is 0 Å². The highest BCUT2D eigenvalue weighted by atomic mass is 32.1. The molecule has 80 valence electrons. The van der Waals surface area contributed by atoms with Crippen LogP contribution < -0.4 is 16.6 Å². The van der Waals surface area contributed by atoms with E-state index in [1.165, 1.54) is 12.1 Å². The molecule has 4 nitrogen and oxygen atoms in total. The summed E-state index contributed by atoms with van der Waals surface area (Å²) >= 11 is 4.49. The number of hydrogen-bond acceptors (Lipinski definition) is 2. The van der Waals surface area contributed by atoms with Crippen LogP contribution in [0.3, 0.4) is 0 Å². The van der Waals surface area contributed by atoms with E-state index in [0.717, 1.165) is 6.07 Å². The standard InChI is InChI=1S/C9H10FN3OS/c1-5-2-3-6(4-7(5)10)8(14)12-13-9(11)15/h2-4H,1H3,(H,12,14)(H3,11,13,15). The van der Waals surface area contributed by atoms with Crippen LogP contribution in [0, 0.1) is 12.7 Å². The molecule has 0 radical (unpaired) electrons. The number of amides is 1. The van der Waals surface area contributed by atoms with Crippen LogP contribution in [-0.4, -0.2) is 11.0 Å². The maximum Gasteiger partial charge on any atom is 0.269 e. The van der Waals surface area contributed by atoms with Crippen molar-refractivity contribution in [2.75, 3.05) is 0 Å². The highest BCUT2D eigenvalue weighted by Gasteiger charge is 2.07. The molecule has 0 aliphatic carbocycles. The largest absolute Gasteiger partial charge is 0.375 e. The predicted molar refractivity (Wildman–Crippen MR) is 58.5 cm³/mol. The Morgan fingerprint density at radius 1 is 1.47 bits per heavy atom. The van der Waals surface area contributed by atoms with Gasteiger partial charge in [0, 0.05) is 5.56 Å². The Kier molecular flexibility index (Phi) is 3.56. The lowest BCUT2D eigenvalue weighted by molar-refractivity contribution is 0.0943. The van der Waals surface area contributed by atoms with Crippen molar-refractivity contribution in [1.82, 2.24) is 10.9 Å². The van der Waals surface area contributed by atoms with E-state index in [2.05, 4.69) is 23.1 Å². The quantitative estimate of drug-likeness (QED) is 0.486. The summed E-state index contributed by atoms with van der Waals surface area (Å²) in [5.41, 5.74) is 10.3. The summed E-state index contributed by atoms with van der Waals surface area (Å²) in [4.78, 5) is 11.4. The maximum atomic E-state index is 13.1. The molecule has 0 bridgehead atoms. The van der Waals surface area contributed by atoms with Crippen molar-refractivity contribution in [3.05, 3.63) is 35.1 Å². The zero-order valence-electron chi connectivity index (χ0n) is 8.00. The van der Waals surface area contributed by atoms with E-state index in [1.807, 2.05) is 0 Å². The van der Waals surface area contributed by atoms with Gasteiger partial charge in [0.2, 0.25) is 0 Å². The topological polar surface area (TPSA) is 67.2 Å². The number of thiocarbonyl (C=S) groups is 1. The average Bonchev–Trinajstić information content (AvgIpc) is 2.18. The first-order valence-electron chi connectivity index (χ1n) is 4.12. The maximum absolute atomic E-state index is 13.1. The van der Waals surface area contributed by atoms with Crippen LogP contribution in [-0.2, 0) is 0 Å². The van der Waals surface area contributed by atoms with Gasteiger partial charge in [0.25, 0.3) is 5.91 Å². The van der Waals surface area contributed by atoms with Gasteiger partial charge in [-0.2, -0.15) is 0 Å². The van der Waals surface area contributed by atoms with Crippen LogP contribution in [0.4, 0.5) is 4.39 Å². The first-order chi connectivity index (χ1) is 7.00. The zero-order valence-corrected chi connectivity index (χ0v) is 8.82. The molecule has 0 saturated carbocycles.